The molecular weight excluding hydrogens is 346 g/mol. The number of furan rings is 1. The number of rotatable bonds is 4. The number of urea groups is 1. The molecule has 0 bridgehead atoms. The molecule has 3 rings (SSSR count). The molecule has 0 aromatic carbocycles. The highest BCUT2D eigenvalue weighted by Crippen LogP contribution is 2.31. The summed E-state index contributed by atoms with van der Waals surface area (Å²) >= 11 is 0. The van der Waals surface area contributed by atoms with Crippen molar-refractivity contribution in [1.82, 2.24) is 19.4 Å². The third kappa shape index (κ3) is 3.89. The smallest absolute Gasteiger partial charge is 0.323 e. The minimum absolute atomic E-state index is 0.0177. The van der Waals surface area contributed by atoms with Crippen molar-refractivity contribution in [1.29, 1.82) is 0 Å². The molecule has 1 N–H and O–H groups in total. The van der Waals surface area contributed by atoms with Gasteiger partial charge in [0.1, 0.15) is 5.69 Å². The fraction of sp³-hybridized carbons (Fsp3) is 0.263. The topological polar surface area (TPSA) is 93.3 Å². The minimum atomic E-state index is -0.332. The SMILES string of the molecule is CC(C)n1cc(-c2cnc(NC(=O)N(C)C)nc2-c2ccco2)ccc1=O. The average molecular weight is 367 g/mol. The molecule has 2 amide bonds. The van der Waals surface area contributed by atoms with E-state index in [1.165, 1.54) is 11.0 Å². The number of aromatic nitrogens is 3. The number of amides is 2. The summed E-state index contributed by atoms with van der Waals surface area (Å²) in [6.45, 7) is 3.88. The van der Waals surface area contributed by atoms with Gasteiger partial charge in [-0.25, -0.2) is 14.8 Å². The van der Waals surface area contributed by atoms with E-state index in [-0.39, 0.29) is 23.6 Å². The van der Waals surface area contributed by atoms with Crippen LogP contribution < -0.4 is 10.9 Å². The highest BCUT2D eigenvalue weighted by Gasteiger charge is 2.16. The summed E-state index contributed by atoms with van der Waals surface area (Å²) in [4.78, 5) is 34.1. The van der Waals surface area contributed by atoms with Crippen molar-refractivity contribution in [3.8, 4) is 22.6 Å². The van der Waals surface area contributed by atoms with Gasteiger partial charge >= 0.3 is 6.03 Å². The highest BCUT2D eigenvalue weighted by atomic mass is 16.3. The van der Waals surface area contributed by atoms with Gasteiger partial charge in [0.05, 0.1) is 6.26 Å². The van der Waals surface area contributed by atoms with Gasteiger partial charge < -0.3 is 13.9 Å². The lowest BCUT2D eigenvalue weighted by Gasteiger charge is -2.14. The minimum Gasteiger partial charge on any atom is -0.463 e. The van der Waals surface area contributed by atoms with E-state index < -0.39 is 0 Å². The molecule has 0 unspecified atom stereocenters. The third-order valence-corrected chi connectivity index (χ3v) is 3.97. The largest absolute Gasteiger partial charge is 0.463 e. The maximum Gasteiger partial charge on any atom is 0.323 e. The van der Waals surface area contributed by atoms with Crippen molar-refractivity contribution in [2.75, 3.05) is 19.4 Å². The molecular formula is C19H21N5O3. The van der Waals surface area contributed by atoms with Crippen LogP contribution in [0, 0.1) is 0 Å². The Bertz CT molecular complexity index is 1010. The number of hydrogen-bond acceptors (Lipinski definition) is 5. The van der Waals surface area contributed by atoms with E-state index in [9.17, 15) is 9.59 Å². The van der Waals surface area contributed by atoms with E-state index in [2.05, 4.69) is 15.3 Å². The fourth-order valence-corrected chi connectivity index (χ4v) is 2.53. The Morgan fingerprint density at radius 1 is 1.26 bits per heavy atom. The summed E-state index contributed by atoms with van der Waals surface area (Å²) in [7, 11) is 3.26. The summed E-state index contributed by atoms with van der Waals surface area (Å²) in [5.74, 6) is 0.705. The van der Waals surface area contributed by atoms with Gasteiger partial charge in [-0.15, -0.1) is 0 Å². The maximum absolute atomic E-state index is 12.1. The van der Waals surface area contributed by atoms with Crippen LogP contribution in [-0.2, 0) is 0 Å². The number of nitrogens with zero attached hydrogens (tertiary/aromatic N) is 4. The Kier molecular flexibility index (Phi) is 5.07. The van der Waals surface area contributed by atoms with Crippen molar-refractivity contribution in [3.63, 3.8) is 0 Å². The second-order valence-corrected chi connectivity index (χ2v) is 6.51. The molecule has 0 spiro atoms. The van der Waals surface area contributed by atoms with Crippen LogP contribution in [-0.4, -0.2) is 39.6 Å². The number of carbonyl (C=O) groups is 1. The summed E-state index contributed by atoms with van der Waals surface area (Å²) < 4.78 is 7.15. The zero-order valence-electron chi connectivity index (χ0n) is 15.6. The molecule has 0 saturated heterocycles. The van der Waals surface area contributed by atoms with Crippen molar-refractivity contribution < 1.29 is 9.21 Å². The van der Waals surface area contributed by atoms with Gasteiger partial charge in [-0.05, 0) is 32.0 Å². The zero-order chi connectivity index (χ0) is 19.6. The molecule has 0 atom stereocenters. The van der Waals surface area contributed by atoms with Gasteiger partial charge in [-0.3, -0.25) is 10.1 Å². The van der Waals surface area contributed by atoms with Gasteiger partial charge in [0.2, 0.25) is 5.95 Å². The molecule has 0 saturated carbocycles. The van der Waals surface area contributed by atoms with Gasteiger partial charge in [-0.1, -0.05) is 0 Å². The number of carbonyl (C=O) groups excluding carboxylic acids is 1. The predicted molar refractivity (Wildman–Crippen MR) is 103 cm³/mol. The summed E-state index contributed by atoms with van der Waals surface area (Å²) in [6, 6.07) is 6.47. The number of anilines is 1. The first-order chi connectivity index (χ1) is 12.9. The third-order valence-electron chi connectivity index (χ3n) is 3.97. The molecule has 0 aliphatic carbocycles. The first-order valence-corrected chi connectivity index (χ1v) is 8.48. The fourth-order valence-electron chi connectivity index (χ4n) is 2.53. The van der Waals surface area contributed by atoms with E-state index >= 15 is 0 Å². The average Bonchev–Trinajstić information content (AvgIpc) is 3.16. The standard InChI is InChI=1S/C19H21N5O3/c1-12(2)24-11-13(7-8-16(24)25)14-10-20-18(22-19(26)23(3)4)21-17(14)15-6-5-9-27-15/h5-12H,1-4H3,(H,20,21,22,26). The Balaban J connectivity index is 2.12. The molecule has 3 aromatic rings. The molecule has 3 heterocycles. The lowest BCUT2D eigenvalue weighted by Crippen LogP contribution is -2.28. The zero-order valence-corrected chi connectivity index (χ0v) is 15.6. The first kappa shape index (κ1) is 18.4. The number of nitrogens with one attached hydrogen (secondary N) is 1. The Morgan fingerprint density at radius 2 is 2.04 bits per heavy atom. The van der Waals surface area contributed by atoms with Crippen molar-refractivity contribution >= 4 is 12.0 Å². The lowest BCUT2D eigenvalue weighted by molar-refractivity contribution is 0.230. The number of pyridine rings is 1. The first-order valence-electron chi connectivity index (χ1n) is 8.48. The van der Waals surface area contributed by atoms with Crippen LogP contribution >= 0.6 is 0 Å². The van der Waals surface area contributed by atoms with E-state index in [0.717, 1.165) is 5.56 Å². The van der Waals surface area contributed by atoms with Crippen LogP contribution in [0.1, 0.15) is 19.9 Å². The quantitative estimate of drug-likeness (QED) is 0.764. The van der Waals surface area contributed by atoms with Crippen LogP contribution in [0.3, 0.4) is 0 Å². The van der Waals surface area contributed by atoms with Crippen LogP contribution in [0.25, 0.3) is 22.6 Å². The normalized spacial score (nSPS) is 10.9. The van der Waals surface area contributed by atoms with Crippen molar-refractivity contribution in [3.05, 3.63) is 53.3 Å². The number of hydrogen-bond donors (Lipinski definition) is 1. The Hall–Kier alpha value is -3.42. The molecule has 8 nitrogen and oxygen atoms in total. The van der Waals surface area contributed by atoms with Gasteiger partial charge in [0.15, 0.2) is 5.76 Å². The Morgan fingerprint density at radius 3 is 2.67 bits per heavy atom. The molecule has 0 aliphatic rings. The van der Waals surface area contributed by atoms with Crippen molar-refractivity contribution in [2.24, 2.45) is 0 Å². The Labute approximate surface area is 156 Å². The van der Waals surface area contributed by atoms with Crippen LogP contribution in [0.15, 0.2) is 52.1 Å². The van der Waals surface area contributed by atoms with E-state index in [1.807, 2.05) is 13.8 Å². The molecule has 8 heteroatoms. The highest BCUT2D eigenvalue weighted by molar-refractivity contribution is 5.88. The second kappa shape index (κ2) is 7.45. The van der Waals surface area contributed by atoms with Crippen LogP contribution in [0.2, 0.25) is 0 Å². The van der Waals surface area contributed by atoms with Gasteiger partial charge in [-0.2, -0.15) is 0 Å². The van der Waals surface area contributed by atoms with E-state index in [4.69, 9.17) is 4.42 Å². The van der Waals surface area contributed by atoms with E-state index in [0.29, 0.717) is 17.0 Å². The monoisotopic (exact) mass is 367 g/mol. The summed E-state index contributed by atoms with van der Waals surface area (Å²) in [6.07, 6.45) is 4.94. The summed E-state index contributed by atoms with van der Waals surface area (Å²) in [5.41, 5.74) is 1.92. The van der Waals surface area contributed by atoms with Crippen LogP contribution in [0.4, 0.5) is 10.7 Å². The van der Waals surface area contributed by atoms with Crippen LogP contribution in [0.5, 0.6) is 0 Å². The molecule has 0 fully saturated rings. The molecule has 3 aromatic heterocycles. The molecule has 140 valence electrons. The molecule has 0 radical (unpaired) electrons. The maximum atomic E-state index is 12.1. The molecule has 0 aliphatic heterocycles. The van der Waals surface area contributed by atoms with Gasteiger partial charge in [0, 0.05) is 49.7 Å². The summed E-state index contributed by atoms with van der Waals surface area (Å²) in [5, 5.41) is 2.63. The van der Waals surface area contributed by atoms with E-state index in [1.54, 1.807) is 55.5 Å². The predicted octanol–water partition coefficient (Wildman–Crippen LogP) is 3.24. The van der Waals surface area contributed by atoms with Crippen molar-refractivity contribution in [2.45, 2.75) is 19.9 Å². The lowest BCUT2D eigenvalue weighted by atomic mass is 10.1. The molecule has 27 heavy (non-hydrogen) atoms. The second-order valence-electron chi connectivity index (χ2n) is 6.51. The van der Waals surface area contributed by atoms with Gasteiger partial charge in [0.25, 0.3) is 5.56 Å².